The van der Waals surface area contributed by atoms with Crippen molar-refractivity contribution in [2.45, 2.75) is 13.5 Å². The van der Waals surface area contributed by atoms with Gasteiger partial charge in [0.25, 0.3) is 0 Å². The first kappa shape index (κ1) is 15.3. The van der Waals surface area contributed by atoms with Gasteiger partial charge >= 0.3 is 0 Å². The summed E-state index contributed by atoms with van der Waals surface area (Å²) < 4.78 is 31.1. The van der Waals surface area contributed by atoms with Gasteiger partial charge in [0.05, 0.1) is 12.9 Å². The highest BCUT2D eigenvalue weighted by Gasteiger charge is 2.14. The first-order chi connectivity index (χ1) is 8.46. The Kier molecular flexibility index (Phi) is 5.91. The normalized spacial score (nSPS) is 13.3. The summed E-state index contributed by atoms with van der Waals surface area (Å²) in [6, 6.07) is 7.28. The van der Waals surface area contributed by atoms with E-state index in [1.165, 1.54) is 0 Å². The zero-order valence-electron chi connectivity index (χ0n) is 10.5. The second-order valence-corrected chi connectivity index (χ2v) is 6.37. The van der Waals surface area contributed by atoms with E-state index < -0.39 is 10.0 Å². The van der Waals surface area contributed by atoms with Crippen molar-refractivity contribution < 1.29 is 13.2 Å². The summed E-state index contributed by atoms with van der Waals surface area (Å²) >= 11 is 5.61. The fraction of sp³-hybridized carbons (Fsp3) is 0.500. The second-order valence-electron chi connectivity index (χ2n) is 4.21. The van der Waals surface area contributed by atoms with Gasteiger partial charge in [-0.1, -0.05) is 19.1 Å². The lowest BCUT2D eigenvalue weighted by Gasteiger charge is -2.10. The van der Waals surface area contributed by atoms with Crippen LogP contribution in [0, 0.1) is 5.92 Å². The molecule has 4 nitrogen and oxygen atoms in total. The van der Waals surface area contributed by atoms with Gasteiger partial charge in [-0.15, -0.1) is 11.6 Å². The van der Waals surface area contributed by atoms with Crippen LogP contribution in [0.15, 0.2) is 24.3 Å². The van der Waals surface area contributed by atoms with E-state index in [0.717, 1.165) is 5.56 Å². The molecular formula is C12H18ClNO3S. The lowest BCUT2D eigenvalue weighted by molar-refractivity contribution is 0.414. The Hall–Kier alpha value is -0.780. The van der Waals surface area contributed by atoms with E-state index in [-0.39, 0.29) is 18.2 Å². The Balaban J connectivity index is 2.58. The number of nitrogens with one attached hydrogen (secondary N) is 1. The zero-order valence-corrected chi connectivity index (χ0v) is 12.1. The van der Waals surface area contributed by atoms with Gasteiger partial charge in [0.15, 0.2) is 0 Å². The highest BCUT2D eigenvalue weighted by Crippen LogP contribution is 2.12. The van der Waals surface area contributed by atoms with E-state index >= 15 is 0 Å². The molecule has 1 aromatic carbocycles. The van der Waals surface area contributed by atoms with E-state index in [1.54, 1.807) is 20.1 Å². The van der Waals surface area contributed by atoms with Gasteiger partial charge in [-0.2, -0.15) is 0 Å². The number of benzene rings is 1. The molecule has 0 amide bonds. The summed E-state index contributed by atoms with van der Waals surface area (Å²) in [7, 11) is -1.71. The molecule has 0 aliphatic heterocycles. The van der Waals surface area contributed by atoms with Gasteiger partial charge < -0.3 is 4.74 Å². The third-order valence-electron chi connectivity index (χ3n) is 2.40. The van der Waals surface area contributed by atoms with Crippen LogP contribution in [0.3, 0.4) is 0 Å². The molecule has 1 aromatic rings. The molecule has 0 aromatic heterocycles. The molecular weight excluding hydrogens is 274 g/mol. The number of hydrogen-bond donors (Lipinski definition) is 1. The average Bonchev–Trinajstić information content (AvgIpc) is 2.36. The Labute approximate surface area is 113 Å². The summed E-state index contributed by atoms with van der Waals surface area (Å²) in [5, 5.41) is 0. The maximum Gasteiger partial charge on any atom is 0.212 e. The summed E-state index contributed by atoms with van der Waals surface area (Å²) in [6.07, 6.45) is 0. The molecule has 102 valence electrons. The standard InChI is InChI=1S/C12H18ClNO3S/c1-10(7-13)9-18(15,16)14-8-11-4-3-5-12(6-11)17-2/h3-6,10,14H,7-9H2,1-2H3. The van der Waals surface area contributed by atoms with E-state index in [2.05, 4.69) is 4.72 Å². The Morgan fingerprint density at radius 3 is 2.78 bits per heavy atom. The lowest BCUT2D eigenvalue weighted by atomic mass is 10.2. The van der Waals surface area contributed by atoms with Crippen molar-refractivity contribution >= 4 is 21.6 Å². The maximum atomic E-state index is 11.7. The molecule has 0 spiro atoms. The Morgan fingerprint density at radius 2 is 2.17 bits per heavy atom. The predicted molar refractivity (Wildman–Crippen MR) is 73.5 cm³/mol. The largest absolute Gasteiger partial charge is 0.497 e. The van der Waals surface area contributed by atoms with E-state index in [0.29, 0.717) is 11.6 Å². The molecule has 1 N–H and O–H groups in total. The minimum atomic E-state index is -3.29. The second kappa shape index (κ2) is 6.97. The van der Waals surface area contributed by atoms with Gasteiger partial charge in [0.2, 0.25) is 10.0 Å². The smallest absolute Gasteiger partial charge is 0.212 e. The predicted octanol–water partition coefficient (Wildman–Crippen LogP) is 1.99. The van der Waals surface area contributed by atoms with Crippen LogP contribution in [0.2, 0.25) is 0 Å². The van der Waals surface area contributed by atoms with Crippen molar-refractivity contribution in [1.82, 2.24) is 4.72 Å². The number of rotatable bonds is 7. The lowest BCUT2D eigenvalue weighted by Crippen LogP contribution is -2.29. The SMILES string of the molecule is COc1cccc(CNS(=O)(=O)CC(C)CCl)c1. The number of hydrogen-bond acceptors (Lipinski definition) is 3. The highest BCUT2D eigenvalue weighted by atomic mass is 35.5. The monoisotopic (exact) mass is 291 g/mol. The molecule has 0 saturated heterocycles. The van der Waals surface area contributed by atoms with Gasteiger partial charge in [0.1, 0.15) is 5.75 Å². The van der Waals surface area contributed by atoms with Crippen LogP contribution in [0.1, 0.15) is 12.5 Å². The molecule has 0 bridgehead atoms. The minimum Gasteiger partial charge on any atom is -0.497 e. The van der Waals surface area contributed by atoms with Crippen LogP contribution in [-0.4, -0.2) is 27.2 Å². The number of alkyl halides is 1. The van der Waals surface area contributed by atoms with Gasteiger partial charge in [-0.25, -0.2) is 13.1 Å². The van der Waals surface area contributed by atoms with E-state index in [1.807, 2.05) is 18.2 Å². The average molecular weight is 292 g/mol. The molecule has 0 aliphatic carbocycles. The molecule has 1 unspecified atom stereocenters. The molecule has 0 fully saturated rings. The third-order valence-corrected chi connectivity index (χ3v) is 4.52. The summed E-state index contributed by atoms with van der Waals surface area (Å²) in [4.78, 5) is 0. The molecule has 0 radical (unpaired) electrons. The fourth-order valence-electron chi connectivity index (χ4n) is 1.45. The van der Waals surface area contributed by atoms with Crippen molar-refractivity contribution in [3.63, 3.8) is 0 Å². The van der Waals surface area contributed by atoms with Crippen LogP contribution in [0.25, 0.3) is 0 Å². The van der Waals surface area contributed by atoms with Gasteiger partial charge in [0, 0.05) is 12.4 Å². The van der Waals surface area contributed by atoms with Crippen molar-refractivity contribution in [2.75, 3.05) is 18.7 Å². The number of halogens is 1. The van der Waals surface area contributed by atoms with Gasteiger partial charge in [-0.3, -0.25) is 0 Å². The quantitative estimate of drug-likeness (QED) is 0.782. The topological polar surface area (TPSA) is 55.4 Å². The highest BCUT2D eigenvalue weighted by molar-refractivity contribution is 7.89. The van der Waals surface area contributed by atoms with Crippen LogP contribution < -0.4 is 9.46 Å². The van der Waals surface area contributed by atoms with E-state index in [9.17, 15) is 8.42 Å². The molecule has 0 aliphatic rings. The van der Waals surface area contributed by atoms with E-state index in [4.69, 9.17) is 16.3 Å². The molecule has 18 heavy (non-hydrogen) atoms. The third kappa shape index (κ3) is 5.25. The van der Waals surface area contributed by atoms with Crippen molar-refractivity contribution in [3.05, 3.63) is 29.8 Å². The Morgan fingerprint density at radius 1 is 1.44 bits per heavy atom. The summed E-state index contributed by atoms with van der Waals surface area (Å²) in [6.45, 7) is 2.06. The molecule has 6 heteroatoms. The maximum absolute atomic E-state index is 11.7. The van der Waals surface area contributed by atoms with Crippen LogP contribution >= 0.6 is 11.6 Å². The molecule has 1 atom stereocenters. The molecule has 0 heterocycles. The molecule has 1 rings (SSSR count). The molecule has 0 saturated carbocycles. The zero-order chi connectivity index (χ0) is 13.6. The Bertz CT molecular complexity index is 476. The number of methoxy groups -OCH3 is 1. The van der Waals surface area contributed by atoms with Crippen molar-refractivity contribution in [2.24, 2.45) is 5.92 Å². The minimum absolute atomic E-state index is 0.0421. The van der Waals surface area contributed by atoms with Crippen molar-refractivity contribution in [1.29, 1.82) is 0 Å². The number of ether oxygens (including phenoxy) is 1. The van der Waals surface area contributed by atoms with Crippen LogP contribution in [-0.2, 0) is 16.6 Å². The number of sulfonamides is 1. The van der Waals surface area contributed by atoms with Crippen molar-refractivity contribution in [3.8, 4) is 5.75 Å². The first-order valence-electron chi connectivity index (χ1n) is 5.63. The van der Waals surface area contributed by atoms with Gasteiger partial charge in [-0.05, 0) is 23.6 Å². The van der Waals surface area contributed by atoms with Crippen LogP contribution in [0.5, 0.6) is 5.75 Å². The summed E-state index contributed by atoms with van der Waals surface area (Å²) in [5.41, 5.74) is 0.858. The first-order valence-corrected chi connectivity index (χ1v) is 7.81. The fourth-order valence-corrected chi connectivity index (χ4v) is 3.06. The summed E-state index contributed by atoms with van der Waals surface area (Å²) in [5.74, 6) is 1.02. The van der Waals surface area contributed by atoms with Crippen LogP contribution in [0.4, 0.5) is 0 Å².